The van der Waals surface area contributed by atoms with Crippen molar-refractivity contribution in [2.24, 2.45) is 5.73 Å². The molecule has 0 amide bonds. The first kappa shape index (κ1) is 22.4. The Labute approximate surface area is 146 Å². The van der Waals surface area contributed by atoms with E-state index in [9.17, 15) is 4.79 Å². The van der Waals surface area contributed by atoms with Crippen molar-refractivity contribution >= 4 is 5.97 Å². The lowest BCUT2D eigenvalue weighted by Crippen LogP contribution is -2.07. The summed E-state index contributed by atoms with van der Waals surface area (Å²) in [6, 6.07) is 7.99. The molecule has 5 heteroatoms. The van der Waals surface area contributed by atoms with Crippen LogP contribution in [0.5, 0.6) is 5.75 Å². The summed E-state index contributed by atoms with van der Waals surface area (Å²) in [7, 11) is 1.41. The van der Waals surface area contributed by atoms with Gasteiger partial charge in [-0.2, -0.15) is 0 Å². The molecule has 0 aliphatic heterocycles. The number of hydrogen-bond acceptors (Lipinski definition) is 5. The van der Waals surface area contributed by atoms with Gasteiger partial charge in [0.2, 0.25) is 0 Å². The number of carbonyl (C=O) groups is 1. The second-order valence-corrected chi connectivity index (χ2v) is 5.03. The first-order chi connectivity index (χ1) is 11.8. The largest absolute Gasteiger partial charge is 0.494 e. The lowest BCUT2D eigenvalue weighted by Gasteiger charge is -2.08. The van der Waals surface area contributed by atoms with Crippen molar-refractivity contribution in [1.29, 1.82) is 0 Å². The average molecular weight is 339 g/mol. The summed E-state index contributed by atoms with van der Waals surface area (Å²) in [6.45, 7) is 6.73. The molecule has 0 heterocycles. The first-order valence-corrected chi connectivity index (χ1v) is 8.82. The third kappa shape index (κ3) is 11.9. The van der Waals surface area contributed by atoms with Gasteiger partial charge < -0.3 is 19.9 Å². The first-order valence-electron chi connectivity index (χ1n) is 8.82. The number of hydrogen-bond donors (Lipinski definition) is 1. The molecule has 0 unspecified atom stereocenters. The molecule has 1 aromatic carbocycles. The second kappa shape index (κ2) is 16.3. The van der Waals surface area contributed by atoms with E-state index in [1.807, 2.05) is 38.1 Å². The van der Waals surface area contributed by atoms with Crippen LogP contribution in [-0.4, -0.2) is 39.4 Å². The summed E-state index contributed by atoms with van der Waals surface area (Å²) < 4.78 is 15.7. The molecule has 0 fully saturated rings. The number of nitrogens with two attached hydrogens (primary N) is 1. The zero-order valence-electron chi connectivity index (χ0n) is 15.4. The highest BCUT2D eigenvalue weighted by Crippen LogP contribution is 2.14. The average Bonchev–Trinajstić information content (AvgIpc) is 2.63. The van der Waals surface area contributed by atoms with Gasteiger partial charge in [-0.05, 0) is 43.5 Å². The highest BCUT2D eigenvalue weighted by Gasteiger charge is 2.01. The Bertz CT molecular complexity index is 406. The minimum Gasteiger partial charge on any atom is -0.494 e. The number of aryl methyl sites for hydroxylation is 1. The van der Waals surface area contributed by atoms with Crippen LogP contribution in [-0.2, 0) is 20.7 Å². The molecule has 0 radical (unpaired) electrons. The van der Waals surface area contributed by atoms with E-state index in [0.29, 0.717) is 26.2 Å². The van der Waals surface area contributed by atoms with Crippen molar-refractivity contribution in [2.45, 2.75) is 46.0 Å². The molecule has 138 valence electrons. The van der Waals surface area contributed by atoms with Crippen LogP contribution in [0, 0.1) is 0 Å². The van der Waals surface area contributed by atoms with Crippen LogP contribution in [0.2, 0.25) is 0 Å². The van der Waals surface area contributed by atoms with Gasteiger partial charge in [-0.3, -0.25) is 4.79 Å². The van der Waals surface area contributed by atoms with Gasteiger partial charge in [0.25, 0.3) is 0 Å². The Hall–Kier alpha value is -1.59. The maximum absolute atomic E-state index is 11.0. The predicted molar refractivity (Wildman–Crippen MR) is 97.3 cm³/mol. The quantitative estimate of drug-likeness (QED) is 0.467. The van der Waals surface area contributed by atoms with E-state index in [0.717, 1.165) is 38.0 Å². The number of benzene rings is 1. The van der Waals surface area contributed by atoms with Crippen LogP contribution in [0.3, 0.4) is 0 Å². The number of ether oxygens (including phenoxy) is 3. The number of esters is 1. The maximum Gasteiger partial charge on any atom is 0.305 e. The highest BCUT2D eigenvalue weighted by atomic mass is 16.5. The fourth-order valence-electron chi connectivity index (χ4n) is 1.93. The van der Waals surface area contributed by atoms with Crippen LogP contribution >= 0.6 is 0 Å². The van der Waals surface area contributed by atoms with Crippen molar-refractivity contribution in [1.82, 2.24) is 0 Å². The highest BCUT2D eigenvalue weighted by molar-refractivity contribution is 5.69. The van der Waals surface area contributed by atoms with Gasteiger partial charge in [0, 0.05) is 26.1 Å². The number of rotatable bonds is 12. The summed E-state index contributed by atoms with van der Waals surface area (Å²) in [5, 5.41) is 0. The van der Waals surface area contributed by atoms with Crippen molar-refractivity contribution in [3.8, 4) is 5.75 Å². The predicted octanol–water partition coefficient (Wildman–Crippen LogP) is 3.34. The molecule has 24 heavy (non-hydrogen) atoms. The van der Waals surface area contributed by atoms with Crippen LogP contribution in [0.15, 0.2) is 24.3 Å². The number of carbonyl (C=O) groups excluding carboxylic acids is 1. The maximum atomic E-state index is 11.0. The molecular weight excluding hydrogens is 306 g/mol. The molecule has 1 aromatic rings. The van der Waals surface area contributed by atoms with Crippen molar-refractivity contribution in [3.63, 3.8) is 0 Å². The Kier molecular flexibility index (Phi) is 15.2. The van der Waals surface area contributed by atoms with Gasteiger partial charge in [-0.15, -0.1) is 0 Å². The summed E-state index contributed by atoms with van der Waals surface area (Å²) in [6.07, 6.45) is 3.89. The number of methoxy groups -OCH3 is 1. The Morgan fingerprint density at radius 3 is 2.29 bits per heavy atom. The van der Waals surface area contributed by atoms with Crippen LogP contribution < -0.4 is 10.5 Å². The van der Waals surface area contributed by atoms with Gasteiger partial charge in [0.15, 0.2) is 0 Å². The van der Waals surface area contributed by atoms with E-state index in [2.05, 4.69) is 4.74 Å². The molecule has 0 saturated heterocycles. The molecule has 2 N–H and O–H groups in total. The molecule has 0 bridgehead atoms. The van der Waals surface area contributed by atoms with E-state index in [1.165, 1.54) is 12.7 Å². The standard InChI is InChI=1S/C17H27NO4.C2H6/c1-20-17(19)6-2-5-15-7-9-16(10-8-15)22-14-4-13-21-12-3-11-18;1-2/h7-10H,2-6,11-14,18H2,1H3;1-2H3. The molecule has 0 aliphatic rings. The molecule has 1 rings (SSSR count). The van der Waals surface area contributed by atoms with Crippen LogP contribution in [0.1, 0.15) is 45.1 Å². The van der Waals surface area contributed by atoms with Crippen molar-refractivity contribution in [2.75, 3.05) is 33.5 Å². The molecule has 5 nitrogen and oxygen atoms in total. The molecule has 0 atom stereocenters. The minimum absolute atomic E-state index is 0.159. The summed E-state index contributed by atoms with van der Waals surface area (Å²) in [5.41, 5.74) is 6.58. The van der Waals surface area contributed by atoms with E-state index >= 15 is 0 Å². The SMILES string of the molecule is CC.COC(=O)CCCc1ccc(OCCCOCCCN)cc1. The van der Waals surface area contributed by atoms with E-state index < -0.39 is 0 Å². The monoisotopic (exact) mass is 339 g/mol. The lowest BCUT2D eigenvalue weighted by atomic mass is 10.1. The van der Waals surface area contributed by atoms with Gasteiger partial charge >= 0.3 is 5.97 Å². The fraction of sp³-hybridized carbons (Fsp3) is 0.632. The van der Waals surface area contributed by atoms with Gasteiger partial charge in [-0.25, -0.2) is 0 Å². The van der Waals surface area contributed by atoms with E-state index in [1.54, 1.807) is 0 Å². The minimum atomic E-state index is -0.159. The molecule has 0 aliphatic carbocycles. The van der Waals surface area contributed by atoms with Crippen LogP contribution in [0.4, 0.5) is 0 Å². The van der Waals surface area contributed by atoms with Crippen molar-refractivity contribution < 1.29 is 19.0 Å². The zero-order chi connectivity index (χ0) is 18.0. The fourth-order valence-corrected chi connectivity index (χ4v) is 1.93. The zero-order valence-corrected chi connectivity index (χ0v) is 15.4. The smallest absolute Gasteiger partial charge is 0.305 e. The normalized spacial score (nSPS) is 9.83. The van der Waals surface area contributed by atoms with E-state index in [4.69, 9.17) is 15.2 Å². The second-order valence-electron chi connectivity index (χ2n) is 5.03. The van der Waals surface area contributed by atoms with Gasteiger partial charge in [0.1, 0.15) is 5.75 Å². The summed E-state index contributed by atoms with van der Waals surface area (Å²) >= 11 is 0. The van der Waals surface area contributed by atoms with Gasteiger partial charge in [-0.1, -0.05) is 26.0 Å². The Morgan fingerprint density at radius 2 is 1.67 bits per heavy atom. The topological polar surface area (TPSA) is 70.8 Å². The lowest BCUT2D eigenvalue weighted by molar-refractivity contribution is -0.140. The molecule has 0 spiro atoms. The Balaban J connectivity index is 0.00000254. The molecule has 0 aromatic heterocycles. The molecule has 0 saturated carbocycles. The third-order valence-corrected chi connectivity index (χ3v) is 3.19. The van der Waals surface area contributed by atoms with E-state index in [-0.39, 0.29) is 5.97 Å². The Morgan fingerprint density at radius 1 is 1.00 bits per heavy atom. The van der Waals surface area contributed by atoms with Crippen molar-refractivity contribution in [3.05, 3.63) is 29.8 Å². The molecular formula is C19H33NO4. The summed E-state index contributed by atoms with van der Waals surface area (Å²) in [5.74, 6) is 0.701. The van der Waals surface area contributed by atoms with Gasteiger partial charge in [0.05, 0.1) is 13.7 Å². The summed E-state index contributed by atoms with van der Waals surface area (Å²) in [4.78, 5) is 11.0. The van der Waals surface area contributed by atoms with Crippen LogP contribution in [0.25, 0.3) is 0 Å². The third-order valence-electron chi connectivity index (χ3n) is 3.19.